The zero-order valence-corrected chi connectivity index (χ0v) is 19.8. The highest BCUT2D eigenvalue weighted by atomic mass is 16.3. The van der Waals surface area contributed by atoms with Gasteiger partial charge in [0.05, 0.1) is 11.0 Å². The third kappa shape index (κ3) is 4.96. The van der Waals surface area contributed by atoms with E-state index >= 15 is 0 Å². The molecule has 0 fully saturated rings. The quantitative estimate of drug-likeness (QED) is 0.290. The van der Waals surface area contributed by atoms with Crippen molar-refractivity contribution in [2.75, 3.05) is 12.3 Å². The normalized spacial score (nSPS) is 11.6. The number of aromatic hydroxyl groups is 1. The minimum atomic E-state index is 0.318. The maximum Gasteiger partial charge on any atom is 0.152 e. The number of imidazole rings is 1. The van der Waals surface area contributed by atoms with Crippen LogP contribution in [0.5, 0.6) is 5.75 Å². The number of unbranched alkanes of at least 4 members (excludes halogenated alkanes) is 3. The number of rotatable bonds is 10. The van der Waals surface area contributed by atoms with E-state index in [1.165, 1.54) is 5.56 Å². The van der Waals surface area contributed by atoms with Crippen LogP contribution in [0.2, 0.25) is 0 Å². The van der Waals surface area contributed by atoms with Crippen LogP contribution in [0, 0.1) is 6.92 Å². The van der Waals surface area contributed by atoms with Gasteiger partial charge in [0.15, 0.2) is 5.82 Å². The summed E-state index contributed by atoms with van der Waals surface area (Å²) in [5.41, 5.74) is 18.1. The van der Waals surface area contributed by atoms with Gasteiger partial charge in [-0.25, -0.2) is 9.97 Å². The summed E-state index contributed by atoms with van der Waals surface area (Å²) >= 11 is 0. The topological polar surface area (TPSA) is 103 Å². The van der Waals surface area contributed by atoms with E-state index in [1.807, 2.05) is 19.1 Å². The molecule has 2 aromatic carbocycles. The Labute approximate surface area is 195 Å². The standard InChI is InChI=1S/C27H35N5O/c1-3-4-9-24-31-25-26(32(24)17-20-11-13-23(33)18(2)15-20)21-16-19(8-6-5-7-14-28)10-12-22(21)30-27(25)29/h10-13,15-16,33H,3-9,14,17,28H2,1-2H3,(H2,29,30). The van der Waals surface area contributed by atoms with E-state index in [9.17, 15) is 5.11 Å². The monoisotopic (exact) mass is 445 g/mol. The Morgan fingerprint density at radius 1 is 0.939 bits per heavy atom. The Balaban J connectivity index is 1.84. The second-order valence-electron chi connectivity index (χ2n) is 8.98. The zero-order valence-electron chi connectivity index (χ0n) is 19.8. The molecule has 0 amide bonds. The predicted octanol–water partition coefficient (Wildman–Crippen LogP) is 5.24. The van der Waals surface area contributed by atoms with Gasteiger partial charge in [0.1, 0.15) is 17.1 Å². The van der Waals surface area contributed by atoms with Crippen LogP contribution < -0.4 is 11.5 Å². The molecule has 6 nitrogen and oxygen atoms in total. The fourth-order valence-electron chi connectivity index (χ4n) is 4.50. The Hall–Kier alpha value is -3.12. The number of aromatic nitrogens is 3. The summed E-state index contributed by atoms with van der Waals surface area (Å²) in [7, 11) is 0. The first-order valence-corrected chi connectivity index (χ1v) is 12.1. The Morgan fingerprint density at radius 3 is 2.52 bits per heavy atom. The predicted molar refractivity (Wildman–Crippen MR) is 137 cm³/mol. The molecule has 2 heterocycles. The molecule has 0 aliphatic rings. The number of phenols is 1. The molecule has 0 saturated heterocycles. The molecule has 0 saturated carbocycles. The molecule has 5 N–H and O–H groups in total. The summed E-state index contributed by atoms with van der Waals surface area (Å²) in [5.74, 6) is 1.83. The first-order valence-electron chi connectivity index (χ1n) is 12.1. The second-order valence-corrected chi connectivity index (χ2v) is 8.98. The Morgan fingerprint density at radius 2 is 1.76 bits per heavy atom. The van der Waals surface area contributed by atoms with Gasteiger partial charge in [-0.3, -0.25) is 0 Å². The van der Waals surface area contributed by atoms with Gasteiger partial charge < -0.3 is 21.1 Å². The van der Waals surface area contributed by atoms with Crippen LogP contribution >= 0.6 is 0 Å². The van der Waals surface area contributed by atoms with Crippen LogP contribution in [0.4, 0.5) is 5.82 Å². The van der Waals surface area contributed by atoms with Crippen molar-refractivity contribution < 1.29 is 5.11 Å². The molecule has 4 rings (SSSR count). The van der Waals surface area contributed by atoms with Crippen LogP contribution in [-0.4, -0.2) is 26.2 Å². The highest BCUT2D eigenvalue weighted by molar-refractivity contribution is 6.06. The number of hydrogen-bond acceptors (Lipinski definition) is 5. The Bertz CT molecular complexity index is 1260. The van der Waals surface area contributed by atoms with Gasteiger partial charge in [-0.15, -0.1) is 0 Å². The number of nitrogen functional groups attached to an aromatic ring is 1. The molecule has 0 bridgehead atoms. The molecule has 174 valence electrons. The van der Waals surface area contributed by atoms with Crippen LogP contribution in [0.3, 0.4) is 0 Å². The van der Waals surface area contributed by atoms with E-state index in [2.05, 4.69) is 34.7 Å². The molecule has 0 atom stereocenters. The summed E-state index contributed by atoms with van der Waals surface area (Å²) in [5, 5.41) is 11.1. The lowest BCUT2D eigenvalue weighted by molar-refractivity contribution is 0.470. The van der Waals surface area contributed by atoms with Crippen molar-refractivity contribution in [1.82, 2.24) is 14.5 Å². The van der Waals surface area contributed by atoms with E-state index in [-0.39, 0.29) is 0 Å². The van der Waals surface area contributed by atoms with Crippen LogP contribution in [0.15, 0.2) is 36.4 Å². The van der Waals surface area contributed by atoms with Gasteiger partial charge in [-0.05, 0) is 74.0 Å². The van der Waals surface area contributed by atoms with Gasteiger partial charge >= 0.3 is 0 Å². The molecule has 6 heteroatoms. The van der Waals surface area contributed by atoms with Crippen molar-refractivity contribution in [2.45, 2.75) is 65.3 Å². The first kappa shape index (κ1) is 23.1. The number of fused-ring (bicyclic) bond motifs is 3. The van der Waals surface area contributed by atoms with Crippen LogP contribution in [-0.2, 0) is 19.4 Å². The van der Waals surface area contributed by atoms with Gasteiger partial charge in [0.25, 0.3) is 0 Å². The van der Waals surface area contributed by atoms with Crippen molar-refractivity contribution in [1.29, 1.82) is 0 Å². The number of anilines is 1. The van der Waals surface area contributed by atoms with Crippen molar-refractivity contribution in [2.24, 2.45) is 5.73 Å². The largest absolute Gasteiger partial charge is 0.508 e. The number of nitrogens with two attached hydrogens (primary N) is 2. The average molecular weight is 446 g/mol. The number of phenolic OH excluding ortho intramolecular Hbond substituents is 1. The van der Waals surface area contributed by atoms with Crippen LogP contribution in [0.25, 0.3) is 21.9 Å². The third-order valence-electron chi connectivity index (χ3n) is 6.37. The summed E-state index contributed by atoms with van der Waals surface area (Å²) in [6.07, 6.45) is 7.41. The van der Waals surface area contributed by atoms with Crippen molar-refractivity contribution >= 4 is 27.8 Å². The maximum absolute atomic E-state index is 9.97. The molecule has 0 aliphatic heterocycles. The summed E-state index contributed by atoms with van der Waals surface area (Å²) in [4.78, 5) is 9.64. The lowest BCUT2D eigenvalue weighted by atomic mass is 10.0. The minimum absolute atomic E-state index is 0.318. The molecule has 4 aromatic rings. The molecule has 0 radical (unpaired) electrons. The highest BCUT2D eigenvalue weighted by Crippen LogP contribution is 2.31. The fourth-order valence-corrected chi connectivity index (χ4v) is 4.50. The maximum atomic E-state index is 9.97. The third-order valence-corrected chi connectivity index (χ3v) is 6.37. The summed E-state index contributed by atoms with van der Waals surface area (Å²) < 4.78 is 2.30. The van der Waals surface area contributed by atoms with Gasteiger partial charge in [0.2, 0.25) is 0 Å². The van der Waals surface area contributed by atoms with Gasteiger partial charge in [0, 0.05) is 18.4 Å². The van der Waals surface area contributed by atoms with Gasteiger partial charge in [-0.1, -0.05) is 38.0 Å². The SMILES string of the molecule is CCCCc1nc2c(N)nc3ccc(CCCCCN)cc3c2n1Cc1ccc(O)c(C)c1. The molecule has 0 aliphatic carbocycles. The van der Waals surface area contributed by atoms with Crippen molar-refractivity contribution in [3.63, 3.8) is 0 Å². The Kier molecular flexibility index (Phi) is 7.14. The minimum Gasteiger partial charge on any atom is -0.508 e. The lowest BCUT2D eigenvalue weighted by Gasteiger charge is -2.13. The number of hydrogen-bond donors (Lipinski definition) is 3. The molecule has 0 spiro atoms. The van der Waals surface area contributed by atoms with Crippen molar-refractivity contribution in [3.05, 3.63) is 58.9 Å². The number of aryl methyl sites for hydroxylation is 3. The van der Waals surface area contributed by atoms with Crippen molar-refractivity contribution in [3.8, 4) is 5.75 Å². The summed E-state index contributed by atoms with van der Waals surface area (Å²) in [6.45, 7) is 5.55. The molecule has 33 heavy (non-hydrogen) atoms. The van der Waals surface area contributed by atoms with Crippen LogP contribution in [0.1, 0.15) is 61.5 Å². The number of nitrogens with zero attached hydrogens (tertiary/aromatic N) is 3. The zero-order chi connectivity index (χ0) is 23.4. The molecular weight excluding hydrogens is 410 g/mol. The molecule has 2 aromatic heterocycles. The van der Waals surface area contributed by atoms with E-state index in [0.717, 1.165) is 90.4 Å². The number of pyridine rings is 1. The van der Waals surface area contributed by atoms with E-state index in [4.69, 9.17) is 16.5 Å². The number of benzene rings is 2. The first-order chi connectivity index (χ1) is 16.0. The fraction of sp³-hybridized carbons (Fsp3) is 0.407. The van der Waals surface area contributed by atoms with Gasteiger partial charge in [-0.2, -0.15) is 0 Å². The van der Waals surface area contributed by atoms with E-state index < -0.39 is 0 Å². The average Bonchev–Trinajstić information content (AvgIpc) is 3.17. The lowest BCUT2D eigenvalue weighted by Crippen LogP contribution is -2.06. The molecule has 0 unspecified atom stereocenters. The van der Waals surface area contributed by atoms with E-state index in [1.54, 1.807) is 6.07 Å². The van der Waals surface area contributed by atoms with E-state index in [0.29, 0.717) is 18.1 Å². The molecular formula is C27H35N5O. The smallest absolute Gasteiger partial charge is 0.152 e. The summed E-state index contributed by atoms with van der Waals surface area (Å²) in [6, 6.07) is 12.3. The highest BCUT2D eigenvalue weighted by Gasteiger charge is 2.18. The second kappa shape index (κ2) is 10.2.